The number of aliphatic carboxylic acids is 2. The zero-order valence-electron chi connectivity index (χ0n) is 7.23. The molecular formula is C7H13N2NaO4. The Morgan fingerprint density at radius 2 is 1.86 bits per heavy atom. The van der Waals surface area contributed by atoms with Crippen LogP contribution in [0.2, 0.25) is 0 Å². The average Bonchev–Trinajstić information content (AvgIpc) is 2.01. The van der Waals surface area contributed by atoms with Gasteiger partial charge in [0.1, 0.15) is 6.04 Å². The van der Waals surface area contributed by atoms with Crippen molar-refractivity contribution in [3.63, 3.8) is 0 Å². The predicted molar refractivity (Wildman–Crippen MR) is 50.9 cm³/mol. The van der Waals surface area contributed by atoms with Crippen LogP contribution < -0.4 is 5.73 Å². The number of nitrogens with two attached hydrogens (primary N) is 1. The van der Waals surface area contributed by atoms with E-state index in [1.165, 1.54) is 6.92 Å². The molecule has 0 aliphatic heterocycles. The average molecular weight is 212 g/mol. The Bertz CT molecular complexity index is 214. The molecule has 0 rings (SSSR count). The van der Waals surface area contributed by atoms with E-state index in [0.717, 1.165) is 0 Å². The van der Waals surface area contributed by atoms with Crippen LogP contribution in [0.5, 0.6) is 0 Å². The molecule has 6 nitrogen and oxygen atoms in total. The fourth-order valence-corrected chi connectivity index (χ4v) is 0.402. The summed E-state index contributed by atoms with van der Waals surface area (Å²) in [6.45, 7) is 1.43. The third-order valence-electron chi connectivity index (χ3n) is 0.986. The van der Waals surface area contributed by atoms with Crippen LogP contribution in [0.4, 0.5) is 0 Å². The zero-order valence-corrected chi connectivity index (χ0v) is 7.23. The number of nitriles is 1. The van der Waals surface area contributed by atoms with Crippen LogP contribution in [0.15, 0.2) is 0 Å². The van der Waals surface area contributed by atoms with Crippen molar-refractivity contribution in [3.8, 4) is 6.07 Å². The molecule has 76 valence electrons. The number of carboxylic acid groups (broad SMARTS) is 2. The normalized spacial score (nSPS) is 9.50. The quantitative estimate of drug-likeness (QED) is 0.521. The van der Waals surface area contributed by atoms with Gasteiger partial charge in [-0.05, 0) is 6.42 Å². The molecule has 0 aliphatic rings. The third kappa shape index (κ3) is 17.5. The van der Waals surface area contributed by atoms with Crippen LogP contribution in [-0.2, 0) is 9.59 Å². The topological polar surface area (TPSA) is 124 Å². The summed E-state index contributed by atoms with van der Waals surface area (Å²) in [4.78, 5) is 19.9. The Labute approximate surface area is 104 Å². The summed E-state index contributed by atoms with van der Waals surface area (Å²) in [5.41, 5.74) is 5.00. The van der Waals surface area contributed by atoms with E-state index in [4.69, 9.17) is 21.2 Å². The van der Waals surface area contributed by atoms with E-state index in [2.05, 4.69) is 0 Å². The van der Waals surface area contributed by atoms with Crippen LogP contribution in [0.1, 0.15) is 19.8 Å². The van der Waals surface area contributed by atoms with Gasteiger partial charge in [-0.3, -0.25) is 9.59 Å². The molecule has 14 heavy (non-hydrogen) atoms. The van der Waals surface area contributed by atoms with Gasteiger partial charge in [-0.15, -0.1) is 0 Å². The first kappa shape index (κ1) is 19.0. The fourth-order valence-electron chi connectivity index (χ4n) is 0.402. The predicted octanol–water partition coefficient (Wildman–Crippen LogP) is -0.856. The van der Waals surface area contributed by atoms with E-state index in [-0.39, 0.29) is 42.4 Å². The van der Waals surface area contributed by atoms with Gasteiger partial charge in [-0.25, -0.2) is 0 Å². The molecule has 0 aromatic rings. The van der Waals surface area contributed by atoms with Gasteiger partial charge in [0, 0.05) is 13.3 Å². The Kier molecular flexibility index (Phi) is 16.9. The second-order valence-electron chi connectivity index (χ2n) is 2.10. The van der Waals surface area contributed by atoms with Crippen molar-refractivity contribution in [1.82, 2.24) is 0 Å². The van der Waals surface area contributed by atoms with Gasteiger partial charge >= 0.3 is 41.5 Å². The summed E-state index contributed by atoms with van der Waals surface area (Å²) in [5, 5.41) is 23.6. The van der Waals surface area contributed by atoms with Crippen LogP contribution in [0, 0.1) is 11.3 Å². The van der Waals surface area contributed by atoms with Crippen molar-refractivity contribution >= 4 is 41.5 Å². The van der Waals surface area contributed by atoms with Gasteiger partial charge in [-0.1, -0.05) is 0 Å². The van der Waals surface area contributed by atoms with Crippen molar-refractivity contribution in [2.45, 2.75) is 25.8 Å². The van der Waals surface area contributed by atoms with Gasteiger partial charge in [0.25, 0.3) is 0 Å². The summed E-state index contributed by atoms with van der Waals surface area (Å²) in [7, 11) is 0. The summed E-state index contributed by atoms with van der Waals surface area (Å²) >= 11 is 0. The second-order valence-corrected chi connectivity index (χ2v) is 2.10. The van der Waals surface area contributed by atoms with Gasteiger partial charge in [0.15, 0.2) is 0 Å². The first-order valence-corrected chi connectivity index (χ1v) is 3.46. The number of hydrogen-bond donors (Lipinski definition) is 3. The standard InChI is InChI=1S/C5H9NO4.C2H3N.Na.H/c6-3(5(9)10)1-2-4(7)8;1-2-3;;/h3H,1-2,6H2,(H,7,8)(H,9,10);1H3;;/t3-;;;/m0.../s1. The number of hydrogen-bond acceptors (Lipinski definition) is 4. The van der Waals surface area contributed by atoms with E-state index in [9.17, 15) is 9.59 Å². The molecule has 0 saturated carbocycles. The molecule has 1 atom stereocenters. The van der Waals surface area contributed by atoms with Crippen LogP contribution in [-0.4, -0.2) is 57.8 Å². The van der Waals surface area contributed by atoms with Crippen molar-refractivity contribution in [2.75, 3.05) is 0 Å². The van der Waals surface area contributed by atoms with Crippen LogP contribution in [0.25, 0.3) is 0 Å². The van der Waals surface area contributed by atoms with Gasteiger partial charge in [-0.2, -0.15) is 5.26 Å². The first-order chi connectivity index (χ1) is 5.95. The molecule has 0 spiro atoms. The van der Waals surface area contributed by atoms with E-state index >= 15 is 0 Å². The fraction of sp³-hybridized carbons (Fsp3) is 0.571. The monoisotopic (exact) mass is 212 g/mol. The number of nitrogens with zero attached hydrogens (tertiary/aromatic N) is 1. The van der Waals surface area contributed by atoms with E-state index in [1.54, 1.807) is 6.07 Å². The van der Waals surface area contributed by atoms with Crippen LogP contribution in [0.3, 0.4) is 0 Å². The SMILES string of the molecule is CC#N.N[C@@H](CCC(=O)O)C(=O)O.[NaH]. The Morgan fingerprint density at radius 1 is 1.50 bits per heavy atom. The molecule has 0 aliphatic carbocycles. The van der Waals surface area contributed by atoms with Crippen molar-refractivity contribution in [1.29, 1.82) is 5.26 Å². The molecule has 0 heterocycles. The minimum absolute atomic E-state index is 0. The zero-order chi connectivity index (χ0) is 10.9. The molecule has 0 radical (unpaired) electrons. The molecule has 4 N–H and O–H groups in total. The van der Waals surface area contributed by atoms with E-state index in [1.807, 2.05) is 0 Å². The van der Waals surface area contributed by atoms with Gasteiger partial charge < -0.3 is 15.9 Å². The Hall–Kier alpha value is -0.610. The van der Waals surface area contributed by atoms with Crippen molar-refractivity contribution in [2.24, 2.45) is 5.73 Å². The number of carboxylic acids is 2. The van der Waals surface area contributed by atoms with Crippen molar-refractivity contribution < 1.29 is 19.8 Å². The van der Waals surface area contributed by atoms with Gasteiger partial charge in [0.2, 0.25) is 0 Å². The van der Waals surface area contributed by atoms with E-state index < -0.39 is 18.0 Å². The minimum atomic E-state index is -1.17. The summed E-state index contributed by atoms with van der Waals surface area (Å²) in [6.07, 6.45) is -0.224. The maximum atomic E-state index is 9.99. The third-order valence-corrected chi connectivity index (χ3v) is 0.986. The summed E-state index contributed by atoms with van der Waals surface area (Å²) < 4.78 is 0. The van der Waals surface area contributed by atoms with Crippen LogP contribution >= 0.6 is 0 Å². The molecule has 0 aromatic carbocycles. The Balaban J connectivity index is -0.000000267. The molecule has 0 fully saturated rings. The number of rotatable bonds is 4. The summed E-state index contributed by atoms with van der Waals surface area (Å²) in [6, 6.07) is 0.691. The molecule has 0 saturated heterocycles. The van der Waals surface area contributed by atoms with Gasteiger partial charge in [0.05, 0.1) is 6.07 Å². The van der Waals surface area contributed by atoms with E-state index in [0.29, 0.717) is 0 Å². The molecule has 0 unspecified atom stereocenters. The first-order valence-electron chi connectivity index (χ1n) is 3.46. The van der Waals surface area contributed by atoms with Crippen molar-refractivity contribution in [3.05, 3.63) is 0 Å². The molecule has 0 bridgehead atoms. The molecule has 0 aromatic heterocycles. The number of carbonyl (C=O) groups is 2. The molecular weight excluding hydrogens is 199 g/mol. The second kappa shape index (κ2) is 12.4. The molecule has 0 amide bonds. The summed E-state index contributed by atoms with van der Waals surface area (Å²) in [5.74, 6) is -2.20. The molecule has 7 heteroatoms. The maximum absolute atomic E-state index is 9.99. The Morgan fingerprint density at radius 3 is 2.07 bits per heavy atom.